The quantitative estimate of drug-likeness (QED) is 0.927. The van der Waals surface area contributed by atoms with Crippen molar-refractivity contribution in [3.8, 4) is 0 Å². The van der Waals surface area contributed by atoms with Crippen LogP contribution in [0.3, 0.4) is 0 Å². The number of fused-ring (bicyclic) bond motifs is 1. The van der Waals surface area contributed by atoms with Crippen molar-refractivity contribution in [3.63, 3.8) is 0 Å². The van der Waals surface area contributed by atoms with Crippen LogP contribution in [0.25, 0.3) is 0 Å². The van der Waals surface area contributed by atoms with E-state index in [0.717, 1.165) is 48.6 Å². The Labute approximate surface area is 134 Å². The van der Waals surface area contributed by atoms with E-state index in [1.54, 1.807) is 0 Å². The Hall–Kier alpha value is -1.75. The molecule has 1 aromatic carbocycles. The number of thioether (sulfide) groups is 1. The van der Waals surface area contributed by atoms with Gasteiger partial charge in [0.1, 0.15) is 0 Å². The van der Waals surface area contributed by atoms with Crippen LogP contribution in [0.15, 0.2) is 30.3 Å². The lowest BCUT2D eigenvalue weighted by atomic mass is 10.1. The molecule has 22 heavy (non-hydrogen) atoms. The molecule has 4 nitrogen and oxygen atoms in total. The summed E-state index contributed by atoms with van der Waals surface area (Å²) in [6.45, 7) is 0.796. The number of carbonyl (C=O) groups excluding carboxylic acids is 1. The minimum absolute atomic E-state index is 0.0913. The Morgan fingerprint density at radius 1 is 1.27 bits per heavy atom. The van der Waals surface area contributed by atoms with Crippen LogP contribution in [-0.4, -0.2) is 39.1 Å². The number of hydrogen-bond donors (Lipinski definition) is 1. The molecule has 0 bridgehead atoms. The van der Waals surface area contributed by atoms with Crippen LogP contribution in [-0.2, 0) is 12.8 Å². The fraction of sp³-hybridized carbons (Fsp3) is 0.412. The molecule has 1 amide bonds. The van der Waals surface area contributed by atoms with E-state index in [4.69, 9.17) is 0 Å². The van der Waals surface area contributed by atoms with Crippen molar-refractivity contribution in [2.24, 2.45) is 0 Å². The van der Waals surface area contributed by atoms with Crippen molar-refractivity contribution in [1.82, 2.24) is 15.1 Å². The summed E-state index contributed by atoms with van der Waals surface area (Å²) in [5, 5.41) is 7.38. The van der Waals surface area contributed by atoms with E-state index in [-0.39, 0.29) is 11.9 Å². The summed E-state index contributed by atoms with van der Waals surface area (Å²) in [5.41, 5.74) is 4.18. The summed E-state index contributed by atoms with van der Waals surface area (Å²) >= 11 is 1.92. The number of benzene rings is 1. The number of nitrogens with one attached hydrogen (secondary N) is 1. The number of carbonyl (C=O) groups is 1. The van der Waals surface area contributed by atoms with Gasteiger partial charge in [0.25, 0.3) is 5.91 Å². The largest absolute Gasteiger partial charge is 0.329 e. The van der Waals surface area contributed by atoms with Gasteiger partial charge in [-0.15, -0.1) is 0 Å². The summed E-state index contributed by atoms with van der Waals surface area (Å²) < 4.78 is 0. The molecule has 1 saturated heterocycles. The minimum Gasteiger partial charge on any atom is -0.329 e. The highest BCUT2D eigenvalue weighted by molar-refractivity contribution is 7.99. The molecule has 2 aromatic rings. The van der Waals surface area contributed by atoms with Gasteiger partial charge in [-0.1, -0.05) is 30.3 Å². The first-order valence-corrected chi connectivity index (χ1v) is 9.00. The number of rotatable bonds is 2. The summed E-state index contributed by atoms with van der Waals surface area (Å²) in [4.78, 5) is 15.1. The first-order chi connectivity index (χ1) is 10.8. The van der Waals surface area contributed by atoms with Gasteiger partial charge in [-0.2, -0.15) is 16.9 Å². The molecule has 0 spiro atoms. The second kappa shape index (κ2) is 5.80. The normalized spacial score (nSPS) is 20.9. The number of aryl methyl sites for hydroxylation is 1. The number of H-pyrrole nitrogens is 1. The first kappa shape index (κ1) is 13.9. The number of amides is 1. The molecule has 1 aromatic heterocycles. The van der Waals surface area contributed by atoms with Gasteiger partial charge in [0.2, 0.25) is 0 Å². The first-order valence-electron chi connectivity index (χ1n) is 7.84. The second-order valence-corrected chi connectivity index (χ2v) is 7.03. The molecular formula is C17H19N3OS. The number of aromatic nitrogens is 2. The molecular weight excluding hydrogens is 294 g/mol. The van der Waals surface area contributed by atoms with Crippen molar-refractivity contribution >= 4 is 17.7 Å². The van der Waals surface area contributed by atoms with Crippen LogP contribution in [0.4, 0.5) is 0 Å². The molecule has 1 aliphatic heterocycles. The predicted molar refractivity (Wildman–Crippen MR) is 88.2 cm³/mol. The van der Waals surface area contributed by atoms with Crippen LogP contribution >= 0.6 is 11.8 Å². The molecule has 0 saturated carbocycles. The minimum atomic E-state index is 0.0913. The third-order valence-corrected chi connectivity index (χ3v) is 5.61. The van der Waals surface area contributed by atoms with Gasteiger partial charge in [0.05, 0.1) is 6.04 Å². The Morgan fingerprint density at radius 2 is 2.14 bits per heavy atom. The Kier molecular flexibility index (Phi) is 3.66. The van der Waals surface area contributed by atoms with Gasteiger partial charge in [0, 0.05) is 29.3 Å². The summed E-state index contributed by atoms with van der Waals surface area (Å²) in [7, 11) is 0. The molecule has 1 unspecified atom stereocenters. The fourth-order valence-corrected chi connectivity index (χ4v) is 4.52. The third kappa shape index (κ3) is 2.33. The average Bonchev–Trinajstić information content (AvgIpc) is 3.18. The van der Waals surface area contributed by atoms with Gasteiger partial charge >= 0.3 is 0 Å². The molecule has 1 atom stereocenters. The molecule has 0 radical (unpaired) electrons. The van der Waals surface area contributed by atoms with Crippen molar-refractivity contribution < 1.29 is 4.79 Å². The summed E-state index contributed by atoms with van der Waals surface area (Å²) in [6, 6.07) is 10.5. The standard InChI is InChI=1S/C17H19N3OS/c21-17(16-13-7-4-8-14(13)18-19-16)20-9-10-22-11-15(20)12-5-2-1-3-6-12/h1-3,5-6,15H,4,7-11H2,(H,18,19). The monoisotopic (exact) mass is 313 g/mol. The van der Waals surface area contributed by atoms with Crippen molar-refractivity contribution in [3.05, 3.63) is 52.8 Å². The molecule has 114 valence electrons. The molecule has 2 heterocycles. The topological polar surface area (TPSA) is 49.0 Å². The van der Waals surface area contributed by atoms with Gasteiger partial charge in [-0.3, -0.25) is 9.89 Å². The summed E-state index contributed by atoms with van der Waals surface area (Å²) in [5.74, 6) is 2.05. The molecule has 5 heteroatoms. The van der Waals surface area contributed by atoms with Gasteiger partial charge < -0.3 is 4.90 Å². The molecule has 1 aliphatic carbocycles. The van der Waals surface area contributed by atoms with Crippen molar-refractivity contribution in [2.75, 3.05) is 18.1 Å². The maximum Gasteiger partial charge on any atom is 0.275 e. The van der Waals surface area contributed by atoms with E-state index in [9.17, 15) is 4.79 Å². The summed E-state index contributed by atoms with van der Waals surface area (Å²) in [6.07, 6.45) is 3.13. The number of aromatic amines is 1. The van der Waals surface area contributed by atoms with Crippen LogP contribution in [0.5, 0.6) is 0 Å². The highest BCUT2D eigenvalue weighted by Crippen LogP contribution is 2.32. The maximum absolute atomic E-state index is 13.0. The Balaban J connectivity index is 1.65. The molecule has 2 aliphatic rings. The zero-order chi connectivity index (χ0) is 14.9. The predicted octanol–water partition coefficient (Wildman–Crippen LogP) is 2.83. The smallest absolute Gasteiger partial charge is 0.275 e. The Bertz CT molecular complexity index is 682. The van der Waals surface area contributed by atoms with Gasteiger partial charge in [0.15, 0.2) is 5.69 Å². The van der Waals surface area contributed by atoms with E-state index in [1.165, 1.54) is 5.56 Å². The second-order valence-electron chi connectivity index (χ2n) is 5.88. The van der Waals surface area contributed by atoms with Gasteiger partial charge in [-0.25, -0.2) is 0 Å². The fourth-order valence-electron chi connectivity index (χ4n) is 3.43. The Morgan fingerprint density at radius 3 is 3.00 bits per heavy atom. The van der Waals surface area contributed by atoms with E-state index >= 15 is 0 Å². The number of hydrogen-bond acceptors (Lipinski definition) is 3. The van der Waals surface area contributed by atoms with Gasteiger partial charge in [-0.05, 0) is 24.8 Å². The zero-order valence-electron chi connectivity index (χ0n) is 12.4. The zero-order valence-corrected chi connectivity index (χ0v) is 13.2. The van der Waals surface area contributed by atoms with Crippen LogP contribution in [0.1, 0.15) is 39.8 Å². The highest BCUT2D eigenvalue weighted by atomic mass is 32.2. The van der Waals surface area contributed by atoms with Crippen LogP contribution < -0.4 is 0 Å². The lowest BCUT2D eigenvalue weighted by Gasteiger charge is -2.35. The molecule has 4 rings (SSSR count). The van der Waals surface area contributed by atoms with Crippen LogP contribution in [0.2, 0.25) is 0 Å². The molecule has 1 fully saturated rings. The van der Waals surface area contributed by atoms with Crippen molar-refractivity contribution in [1.29, 1.82) is 0 Å². The maximum atomic E-state index is 13.0. The van der Waals surface area contributed by atoms with E-state index in [1.807, 2.05) is 34.9 Å². The lowest BCUT2D eigenvalue weighted by molar-refractivity contribution is 0.0694. The molecule has 1 N–H and O–H groups in total. The highest BCUT2D eigenvalue weighted by Gasteiger charge is 2.32. The van der Waals surface area contributed by atoms with E-state index in [2.05, 4.69) is 22.3 Å². The van der Waals surface area contributed by atoms with E-state index < -0.39 is 0 Å². The number of nitrogens with zero attached hydrogens (tertiary/aromatic N) is 2. The van der Waals surface area contributed by atoms with E-state index in [0.29, 0.717) is 5.69 Å². The lowest BCUT2D eigenvalue weighted by Crippen LogP contribution is -2.41. The SMILES string of the molecule is O=C(c1n[nH]c2c1CCC2)N1CCSCC1c1ccccc1. The van der Waals surface area contributed by atoms with Crippen LogP contribution in [0, 0.1) is 0 Å². The average molecular weight is 313 g/mol. The third-order valence-electron chi connectivity index (χ3n) is 4.58. The van der Waals surface area contributed by atoms with Crippen molar-refractivity contribution in [2.45, 2.75) is 25.3 Å².